The number of hydrogen-bond donors (Lipinski definition) is 3. The number of anilines is 3. The third kappa shape index (κ3) is 6.81. The van der Waals surface area contributed by atoms with Gasteiger partial charge in [-0.2, -0.15) is 0 Å². The molecule has 2 aromatic carbocycles. The van der Waals surface area contributed by atoms with E-state index in [0.717, 1.165) is 13.0 Å². The summed E-state index contributed by atoms with van der Waals surface area (Å²) in [6.07, 6.45) is 5.33. The molecule has 0 bridgehead atoms. The van der Waals surface area contributed by atoms with E-state index in [-0.39, 0.29) is 36.3 Å². The van der Waals surface area contributed by atoms with Crippen LogP contribution >= 0.6 is 11.6 Å². The fraction of sp³-hybridized carbons (Fsp3) is 0.370. The number of aliphatic hydroxyl groups excluding tert-OH is 1. The van der Waals surface area contributed by atoms with Gasteiger partial charge >= 0.3 is 0 Å². The third-order valence-electron chi connectivity index (χ3n) is 6.57. The molecule has 2 saturated heterocycles. The normalized spacial score (nSPS) is 19.7. The van der Waals surface area contributed by atoms with E-state index >= 15 is 0 Å². The van der Waals surface area contributed by atoms with E-state index in [2.05, 4.69) is 25.5 Å². The molecule has 0 radical (unpaired) electrons. The number of aromatic nitrogens is 2. The Balaban J connectivity index is 1.39. The van der Waals surface area contributed by atoms with E-state index in [1.54, 1.807) is 24.3 Å². The molecule has 2 unspecified atom stereocenters. The molecule has 12 heteroatoms. The zero-order valence-corrected chi connectivity index (χ0v) is 21.9. The van der Waals surface area contributed by atoms with Crippen LogP contribution in [-0.4, -0.2) is 84.2 Å². The number of amides is 1. The summed E-state index contributed by atoms with van der Waals surface area (Å²) in [6, 6.07) is 7.85. The summed E-state index contributed by atoms with van der Waals surface area (Å²) in [6.45, 7) is 3.25. The number of nitrogens with one attached hydrogen (secondary N) is 2. The molecule has 10 nitrogen and oxygen atoms in total. The van der Waals surface area contributed by atoms with Crippen molar-refractivity contribution in [3.63, 3.8) is 0 Å². The number of rotatable bonds is 10. The van der Waals surface area contributed by atoms with Crippen LogP contribution in [0.3, 0.4) is 0 Å². The van der Waals surface area contributed by atoms with Crippen molar-refractivity contribution in [2.75, 3.05) is 56.8 Å². The summed E-state index contributed by atoms with van der Waals surface area (Å²) in [4.78, 5) is 23.6. The summed E-state index contributed by atoms with van der Waals surface area (Å²) in [5, 5.41) is 16.0. The van der Waals surface area contributed by atoms with Crippen molar-refractivity contribution in [1.29, 1.82) is 0 Å². The highest BCUT2D eigenvalue weighted by atomic mass is 35.5. The van der Waals surface area contributed by atoms with Gasteiger partial charge in [0.15, 0.2) is 0 Å². The monoisotopic (exact) mass is 557 g/mol. The lowest BCUT2D eigenvalue weighted by atomic mass is 10.0. The maximum absolute atomic E-state index is 13.6. The molecular weight excluding hydrogens is 529 g/mol. The van der Waals surface area contributed by atoms with E-state index in [0.29, 0.717) is 60.2 Å². The highest BCUT2D eigenvalue weighted by Crippen LogP contribution is 2.34. The minimum Gasteiger partial charge on any atom is -0.489 e. The van der Waals surface area contributed by atoms with Crippen molar-refractivity contribution in [3.05, 3.63) is 59.7 Å². The number of carbonyl (C=O) groups is 1. The van der Waals surface area contributed by atoms with Gasteiger partial charge in [-0.25, -0.2) is 14.4 Å². The topological polar surface area (TPSA) is 118 Å². The molecule has 2 aliphatic rings. The molecule has 3 aromatic rings. The first-order chi connectivity index (χ1) is 19.0. The molecule has 0 saturated carbocycles. The number of carbonyl (C=O) groups excluding carboxylic acids is 1. The quantitative estimate of drug-likeness (QED) is 0.322. The lowest BCUT2D eigenvalue weighted by molar-refractivity contribution is -0.112. The average molecular weight is 558 g/mol. The molecule has 2 atom stereocenters. The number of halogens is 2. The Labute approximate surface area is 229 Å². The SMILES string of the molecule is O=C(C=CCN1CCC1CO)Nc1cc2c(Nc3ccc(F)c(Cl)c3)ncnc2cc1OCC1COCCO1. The molecule has 1 amide bonds. The van der Waals surface area contributed by atoms with Crippen molar-refractivity contribution in [3.8, 4) is 5.75 Å². The lowest BCUT2D eigenvalue weighted by Crippen LogP contribution is -2.49. The van der Waals surface area contributed by atoms with Crippen molar-refractivity contribution in [2.24, 2.45) is 0 Å². The van der Waals surface area contributed by atoms with E-state index < -0.39 is 5.82 Å². The summed E-state index contributed by atoms with van der Waals surface area (Å²) >= 11 is 5.94. The molecule has 3 heterocycles. The van der Waals surface area contributed by atoms with Crippen LogP contribution in [-0.2, 0) is 14.3 Å². The van der Waals surface area contributed by atoms with Gasteiger partial charge in [0.25, 0.3) is 0 Å². The van der Waals surface area contributed by atoms with Crippen LogP contribution in [0.25, 0.3) is 10.9 Å². The molecule has 5 rings (SSSR count). The maximum atomic E-state index is 13.6. The number of aliphatic hydroxyl groups is 1. The summed E-state index contributed by atoms with van der Waals surface area (Å²) < 4.78 is 30.8. The van der Waals surface area contributed by atoms with Crippen molar-refractivity contribution in [2.45, 2.75) is 18.6 Å². The third-order valence-corrected chi connectivity index (χ3v) is 6.86. The number of ether oxygens (including phenoxy) is 3. The number of fused-ring (bicyclic) bond motifs is 1. The molecule has 206 valence electrons. The summed E-state index contributed by atoms with van der Waals surface area (Å²) in [5.74, 6) is -0.00904. The van der Waals surface area contributed by atoms with Gasteiger partial charge < -0.3 is 30.0 Å². The Morgan fingerprint density at radius 3 is 2.92 bits per heavy atom. The largest absolute Gasteiger partial charge is 0.489 e. The molecule has 2 fully saturated rings. The van der Waals surface area contributed by atoms with Crippen LogP contribution in [0.15, 0.2) is 48.8 Å². The lowest BCUT2D eigenvalue weighted by Gasteiger charge is -2.39. The van der Waals surface area contributed by atoms with E-state index in [1.807, 2.05) is 0 Å². The van der Waals surface area contributed by atoms with Crippen molar-refractivity contribution in [1.82, 2.24) is 14.9 Å². The second-order valence-corrected chi connectivity index (χ2v) is 9.64. The zero-order valence-electron chi connectivity index (χ0n) is 21.1. The summed E-state index contributed by atoms with van der Waals surface area (Å²) in [7, 11) is 0. The first-order valence-corrected chi connectivity index (χ1v) is 13.0. The minimum absolute atomic E-state index is 0.0220. The number of likely N-dealkylation sites (tertiary alicyclic amines) is 1. The van der Waals surface area contributed by atoms with Gasteiger partial charge in [0, 0.05) is 42.3 Å². The van der Waals surface area contributed by atoms with Crippen molar-refractivity contribution >= 4 is 45.6 Å². The smallest absolute Gasteiger partial charge is 0.248 e. The van der Waals surface area contributed by atoms with Crippen LogP contribution in [0.4, 0.5) is 21.6 Å². The predicted molar refractivity (Wildman–Crippen MR) is 145 cm³/mol. The van der Waals surface area contributed by atoms with Gasteiger partial charge in [-0.3, -0.25) is 9.69 Å². The van der Waals surface area contributed by atoms with E-state index in [1.165, 1.54) is 24.5 Å². The fourth-order valence-electron chi connectivity index (χ4n) is 4.34. The standard InChI is InChI=1S/C27H29ClFN5O5/c28-21-10-17(3-4-22(21)29)32-27-20-11-24(33-26(36)2-1-6-34-7-5-18(34)13-35)25(12-23(20)30-16-31-27)39-15-19-14-37-8-9-38-19/h1-4,10-12,16,18-19,35H,5-9,13-15H2,(H,33,36)(H,30,31,32). The average Bonchev–Trinajstić information content (AvgIpc) is 2.92. The molecule has 39 heavy (non-hydrogen) atoms. The molecule has 0 spiro atoms. The molecule has 0 aliphatic carbocycles. The number of nitrogens with zero attached hydrogens (tertiary/aromatic N) is 3. The highest BCUT2D eigenvalue weighted by molar-refractivity contribution is 6.31. The van der Waals surface area contributed by atoms with Crippen LogP contribution < -0.4 is 15.4 Å². The predicted octanol–water partition coefficient (Wildman–Crippen LogP) is 3.52. The Morgan fingerprint density at radius 2 is 2.18 bits per heavy atom. The van der Waals surface area contributed by atoms with Crippen LogP contribution in [0.1, 0.15) is 6.42 Å². The molecule has 2 aliphatic heterocycles. The van der Waals surface area contributed by atoms with Gasteiger partial charge in [-0.05, 0) is 30.7 Å². The van der Waals surface area contributed by atoms with Crippen LogP contribution in [0.5, 0.6) is 5.75 Å². The Hall–Kier alpha value is -3.35. The molecule has 3 N–H and O–H groups in total. The summed E-state index contributed by atoms with van der Waals surface area (Å²) in [5.41, 5.74) is 1.52. The minimum atomic E-state index is -0.525. The number of hydrogen-bond acceptors (Lipinski definition) is 9. The Kier molecular flexibility index (Phi) is 8.84. The second kappa shape index (κ2) is 12.7. The fourth-order valence-corrected chi connectivity index (χ4v) is 4.52. The molecular formula is C27H29ClFN5O5. The van der Waals surface area contributed by atoms with Gasteiger partial charge in [-0.1, -0.05) is 17.7 Å². The van der Waals surface area contributed by atoms with Crippen LogP contribution in [0.2, 0.25) is 5.02 Å². The first kappa shape index (κ1) is 27.2. The van der Waals surface area contributed by atoms with E-state index in [9.17, 15) is 14.3 Å². The molecule has 1 aromatic heterocycles. The number of benzene rings is 2. The van der Waals surface area contributed by atoms with Crippen LogP contribution in [0, 0.1) is 5.82 Å². The Morgan fingerprint density at radius 1 is 1.28 bits per heavy atom. The van der Waals surface area contributed by atoms with E-state index in [4.69, 9.17) is 25.8 Å². The Bertz CT molecular complexity index is 1350. The van der Waals surface area contributed by atoms with Gasteiger partial charge in [0.1, 0.15) is 36.4 Å². The second-order valence-electron chi connectivity index (χ2n) is 9.23. The van der Waals surface area contributed by atoms with Gasteiger partial charge in [0.2, 0.25) is 5.91 Å². The van der Waals surface area contributed by atoms with Crippen molar-refractivity contribution < 1.29 is 28.5 Å². The first-order valence-electron chi connectivity index (χ1n) is 12.7. The highest BCUT2D eigenvalue weighted by Gasteiger charge is 2.25. The van der Waals surface area contributed by atoms with Gasteiger partial charge in [0.05, 0.1) is 42.7 Å². The van der Waals surface area contributed by atoms with Gasteiger partial charge in [-0.15, -0.1) is 0 Å². The zero-order chi connectivity index (χ0) is 27.2. The maximum Gasteiger partial charge on any atom is 0.248 e.